The Balaban J connectivity index is 1.71. The van der Waals surface area contributed by atoms with Gasteiger partial charge in [-0.05, 0) is 30.7 Å². The number of hydrogen-bond donors (Lipinski definition) is 3. The Kier molecular flexibility index (Phi) is 6.21. The van der Waals surface area contributed by atoms with E-state index in [9.17, 15) is 4.79 Å². The number of anilines is 1. The highest BCUT2D eigenvalue weighted by atomic mass is 79.9. The molecule has 0 aliphatic rings. The minimum absolute atomic E-state index is 0.0701. The molecule has 0 bridgehead atoms. The molecule has 1 unspecified atom stereocenters. The molecule has 2 rings (SSSR count). The quantitative estimate of drug-likeness (QED) is 0.690. The Bertz CT molecular complexity index is 606. The van der Waals surface area contributed by atoms with Crippen molar-refractivity contribution in [1.82, 2.24) is 15.6 Å². The van der Waals surface area contributed by atoms with Crippen LogP contribution in [0.15, 0.2) is 53.1 Å². The summed E-state index contributed by atoms with van der Waals surface area (Å²) in [5, 5.41) is 8.86. The number of carbonyl (C=O) groups is 1. The molecule has 6 heteroatoms. The van der Waals surface area contributed by atoms with E-state index in [1.165, 1.54) is 0 Å². The highest BCUT2D eigenvalue weighted by Crippen LogP contribution is 2.22. The van der Waals surface area contributed by atoms with Crippen LogP contribution in [-0.4, -0.2) is 24.1 Å². The molecule has 1 aromatic heterocycles. The number of pyridine rings is 1. The van der Waals surface area contributed by atoms with E-state index in [1.54, 1.807) is 6.20 Å². The van der Waals surface area contributed by atoms with Gasteiger partial charge in [0.25, 0.3) is 0 Å². The summed E-state index contributed by atoms with van der Waals surface area (Å²) in [4.78, 5) is 16.0. The smallest absolute Gasteiger partial charge is 0.315 e. The lowest BCUT2D eigenvalue weighted by Crippen LogP contribution is -2.39. The van der Waals surface area contributed by atoms with E-state index < -0.39 is 0 Å². The number of rotatable bonds is 6. The van der Waals surface area contributed by atoms with E-state index in [1.807, 2.05) is 49.4 Å². The van der Waals surface area contributed by atoms with E-state index in [4.69, 9.17) is 0 Å². The third-order valence-electron chi connectivity index (χ3n) is 3.10. The first-order valence-corrected chi connectivity index (χ1v) is 7.90. The van der Waals surface area contributed by atoms with Crippen LogP contribution in [0.25, 0.3) is 0 Å². The van der Waals surface area contributed by atoms with E-state index in [0.717, 1.165) is 15.9 Å². The third-order valence-corrected chi connectivity index (χ3v) is 3.82. The number of carbonyl (C=O) groups excluding carboxylic acids is 1. The fourth-order valence-corrected chi connectivity index (χ4v) is 2.61. The minimum Gasteiger partial charge on any atom is -0.368 e. The van der Waals surface area contributed by atoms with Crippen molar-refractivity contribution in [3.8, 4) is 0 Å². The number of hydrogen-bond acceptors (Lipinski definition) is 3. The van der Waals surface area contributed by atoms with Gasteiger partial charge in [-0.2, -0.15) is 0 Å². The lowest BCUT2D eigenvalue weighted by Gasteiger charge is -2.16. The van der Waals surface area contributed by atoms with Gasteiger partial charge >= 0.3 is 6.03 Å². The van der Waals surface area contributed by atoms with Crippen LogP contribution in [0.1, 0.15) is 18.5 Å². The molecule has 2 amide bonds. The molecular weight excluding hydrogens is 344 g/mol. The summed E-state index contributed by atoms with van der Waals surface area (Å²) in [6, 6.07) is 13.2. The van der Waals surface area contributed by atoms with Gasteiger partial charge in [0.15, 0.2) is 0 Å². The Labute approximate surface area is 138 Å². The van der Waals surface area contributed by atoms with E-state index in [2.05, 4.69) is 36.9 Å². The second-order valence-electron chi connectivity index (χ2n) is 4.79. The topological polar surface area (TPSA) is 66.1 Å². The largest absolute Gasteiger partial charge is 0.368 e. The van der Waals surface area contributed by atoms with Crippen molar-refractivity contribution >= 4 is 27.8 Å². The Morgan fingerprint density at radius 1 is 1.18 bits per heavy atom. The lowest BCUT2D eigenvalue weighted by atomic mass is 10.1. The molecule has 0 saturated carbocycles. The van der Waals surface area contributed by atoms with Crippen molar-refractivity contribution in [2.45, 2.75) is 13.0 Å². The Morgan fingerprint density at radius 2 is 1.95 bits per heavy atom. The minimum atomic E-state index is -0.189. The molecule has 1 atom stereocenters. The molecule has 5 nitrogen and oxygen atoms in total. The second kappa shape index (κ2) is 8.38. The van der Waals surface area contributed by atoms with E-state index in [-0.39, 0.29) is 12.1 Å². The van der Waals surface area contributed by atoms with Crippen LogP contribution in [0.5, 0.6) is 0 Å². The van der Waals surface area contributed by atoms with E-state index >= 15 is 0 Å². The predicted octanol–water partition coefficient (Wildman–Crippen LogP) is 3.32. The van der Waals surface area contributed by atoms with Gasteiger partial charge in [0.05, 0.1) is 6.04 Å². The van der Waals surface area contributed by atoms with Crippen molar-refractivity contribution in [3.05, 3.63) is 58.7 Å². The molecule has 0 saturated heterocycles. The maximum absolute atomic E-state index is 11.9. The predicted molar refractivity (Wildman–Crippen MR) is 91.8 cm³/mol. The molecule has 0 radical (unpaired) electrons. The van der Waals surface area contributed by atoms with Crippen molar-refractivity contribution < 1.29 is 4.79 Å². The van der Waals surface area contributed by atoms with Gasteiger partial charge in [0.2, 0.25) is 0 Å². The number of urea groups is 1. The summed E-state index contributed by atoms with van der Waals surface area (Å²) < 4.78 is 0.986. The summed E-state index contributed by atoms with van der Waals surface area (Å²) in [5.74, 6) is 0.797. The molecule has 22 heavy (non-hydrogen) atoms. The van der Waals surface area contributed by atoms with Crippen LogP contribution in [0.2, 0.25) is 0 Å². The highest BCUT2D eigenvalue weighted by Gasteiger charge is 2.11. The van der Waals surface area contributed by atoms with Crippen LogP contribution in [0.4, 0.5) is 10.6 Å². The molecule has 1 aromatic carbocycles. The summed E-state index contributed by atoms with van der Waals surface area (Å²) in [6.07, 6.45) is 1.72. The number of aromatic nitrogens is 1. The maximum atomic E-state index is 11.9. The first-order valence-electron chi connectivity index (χ1n) is 7.10. The molecule has 116 valence electrons. The summed E-state index contributed by atoms with van der Waals surface area (Å²) in [7, 11) is 0. The number of halogens is 1. The lowest BCUT2D eigenvalue weighted by molar-refractivity contribution is 0.238. The normalized spacial score (nSPS) is 11.5. The van der Waals surface area contributed by atoms with Crippen molar-refractivity contribution in [3.63, 3.8) is 0 Å². The number of amides is 2. The molecule has 3 N–H and O–H groups in total. The van der Waals surface area contributed by atoms with Crippen molar-refractivity contribution in [2.24, 2.45) is 0 Å². The van der Waals surface area contributed by atoms with Gasteiger partial charge < -0.3 is 16.0 Å². The first-order chi connectivity index (χ1) is 10.7. The zero-order chi connectivity index (χ0) is 15.8. The second-order valence-corrected chi connectivity index (χ2v) is 5.64. The molecular formula is C16H19BrN4O. The fraction of sp³-hybridized carbons (Fsp3) is 0.250. The Morgan fingerprint density at radius 3 is 2.68 bits per heavy atom. The number of nitrogens with one attached hydrogen (secondary N) is 3. The molecule has 0 aliphatic heterocycles. The van der Waals surface area contributed by atoms with Crippen molar-refractivity contribution in [2.75, 3.05) is 18.4 Å². The zero-order valence-corrected chi connectivity index (χ0v) is 13.9. The monoisotopic (exact) mass is 362 g/mol. The van der Waals surface area contributed by atoms with Gasteiger partial charge in [-0.1, -0.05) is 40.2 Å². The molecule has 2 aromatic rings. The van der Waals surface area contributed by atoms with Crippen LogP contribution in [0, 0.1) is 0 Å². The third kappa shape index (κ3) is 5.04. The zero-order valence-electron chi connectivity index (χ0n) is 12.3. The SMILES string of the molecule is CC(NC(=O)NCCNc1ccccn1)c1ccccc1Br. The molecule has 0 fully saturated rings. The van der Waals surface area contributed by atoms with Crippen molar-refractivity contribution in [1.29, 1.82) is 0 Å². The number of benzene rings is 1. The fourth-order valence-electron chi connectivity index (χ4n) is 1.99. The summed E-state index contributed by atoms with van der Waals surface area (Å²) in [5.41, 5.74) is 1.05. The average Bonchev–Trinajstić information content (AvgIpc) is 2.53. The van der Waals surface area contributed by atoms with Gasteiger partial charge in [0, 0.05) is 23.8 Å². The maximum Gasteiger partial charge on any atom is 0.315 e. The van der Waals surface area contributed by atoms with Gasteiger partial charge in [-0.25, -0.2) is 9.78 Å². The number of nitrogens with zero attached hydrogens (tertiary/aromatic N) is 1. The van der Waals surface area contributed by atoms with Gasteiger partial charge in [-0.15, -0.1) is 0 Å². The first kappa shape index (κ1) is 16.3. The van der Waals surface area contributed by atoms with Gasteiger partial charge in [-0.3, -0.25) is 0 Å². The standard InChI is InChI=1S/C16H19BrN4O/c1-12(13-6-2-3-7-14(13)17)21-16(22)20-11-10-19-15-8-4-5-9-18-15/h2-9,12H,10-11H2,1H3,(H,18,19)(H2,20,21,22). The van der Waals surface area contributed by atoms with E-state index in [0.29, 0.717) is 13.1 Å². The van der Waals surface area contributed by atoms with Crippen LogP contribution in [0.3, 0.4) is 0 Å². The van der Waals surface area contributed by atoms with Crippen LogP contribution >= 0.6 is 15.9 Å². The molecule has 0 spiro atoms. The summed E-state index contributed by atoms with van der Waals surface area (Å²) in [6.45, 7) is 3.09. The molecule has 0 aliphatic carbocycles. The Hall–Kier alpha value is -2.08. The van der Waals surface area contributed by atoms with Crippen LogP contribution in [-0.2, 0) is 0 Å². The van der Waals surface area contributed by atoms with Crippen LogP contribution < -0.4 is 16.0 Å². The van der Waals surface area contributed by atoms with Gasteiger partial charge in [0.1, 0.15) is 5.82 Å². The highest BCUT2D eigenvalue weighted by molar-refractivity contribution is 9.10. The summed E-state index contributed by atoms with van der Waals surface area (Å²) >= 11 is 3.49. The average molecular weight is 363 g/mol. The molecule has 1 heterocycles.